The molecule has 0 saturated carbocycles. The third-order valence-electron chi connectivity index (χ3n) is 4.58. The van der Waals surface area contributed by atoms with Crippen molar-refractivity contribution in [3.05, 3.63) is 65.2 Å². The Morgan fingerprint density at radius 3 is 3.00 bits per heavy atom. The highest BCUT2D eigenvalue weighted by atomic mass is 19.1. The van der Waals surface area contributed by atoms with Crippen LogP contribution in [-0.2, 0) is 0 Å². The minimum absolute atomic E-state index is 0.259. The first kappa shape index (κ1) is 16.6. The lowest BCUT2D eigenvalue weighted by Crippen LogP contribution is -2.33. The fourth-order valence-electron chi connectivity index (χ4n) is 3.30. The summed E-state index contributed by atoms with van der Waals surface area (Å²) < 4.78 is 13.1. The Kier molecular flexibility index (Phi) is 5.20. The average molecular weight is 327 g/mol. The van der Waals surface area contributed by atoms with Gasteiger partial charge in [0, 0.05) is 25.8 Å². The van der Waals surface area contributed by atoms with E-state index in [1.165, 1.54) is 23.4 Å². The van der Waals surface area contributed by atoms with Gasteiger partial charge < -0.3 is 10.2 Å². The summed E-state index contributed by atoms with van der Waals surface area (Å²) in [5.74, 6) is -0.214. The number of aryl methyl sites for hydroxylation is 1. The molecule has 1 saturated heterocycles. The fourth-order valence-corrected chi connectivity index (χ4v) is 3.30. The van der Waals surface area contributed by atoms with Crippen LogP contribution in [0.15, 0.2) is 42.7 Å². The zero-order chi connectivity index (χ0) is 16.9. The molecule has 1 amide bonds. The molecule has 1 aliphatic heterocycles. The lowest BCUT2D eigenvalue weighted by atomic mass is 9.94. The largest absolute Gasteiger partial charge is 0.351 e. The van der Waals surface area contributed by atoms with Crippen LogP contribution in [0.2, 0.25) is 0 Å². The molecule has 0 aliphatic carbocycles. The number of rotatable bonds is 5. The van der Waals surface area contributed by atoms with Gasteiger partial charge in [-0.3, -0.25) is 9.78 Å². The van der Waals surface area contributed by atoms with Crippen LogP contribution in [-0.4, -0.2) is 42.0 Å². The van der Waals surface area contributed by atoms with Crippen molar-refractivity contribution in [2.75, 3.05) is 26.2 Å². The molecule has 0 bridgehead atoms. The lowest BCUT2D eigenvalue weighted by molar-refractivity contribution is 0.0949. The van der Waals surface area contributed by atoms with E-state index in [2.05, 4.69) is 46.4 Å². The number of likely N-dealkylation sites (tertiary alicyclic amines) is 1. The maximum absolute atomic E-state index is 13.1. The third-order valence-corrected chi connectivity index (χ3v) is 4.58. The first-order chi connectivity index (χ1) is 11.6. The Morgan fingerprint density at radius 1 is 1.38 bits per heavy atom. The standard InChI is InChI=1S/C19H22FN3O/c1-14-4-2-3-5-18(14)15-6-8-23(13-15)9-7-22-19(24)16-10-17(20)12-21-11-16/h2-5,10-12,15H,6-9,13H2,1H3,(H,22,24)/t15-/m1/s1. The topological polar surface area (TPSA) is 45.2 Å². The molecular formula is C19H22FN3O. The lowest BCUT2D eigenvalue weighted by Gasteiger charge is -2.17. The van der Waals surface area contributed by atoms with E-state index in [0.29, 0.717) is 12.5 Å². The van der Waals surface area contributed by atoms with Gasteiger partial charge in [-0.15, -0.1) is 0 Å². The molecule has 4 nitrogen and oxygen atoms in total. The highest BCUT2D eigenvalue weighted by Crippen LogP contribution is 2.28. The number of benzene rings is 1. The molecule has 1 aliphatic rings. The van der Waals surface area contributed by atoms with Crippen molar-refractivity contribution in [2.45, 2.75) is 19.3 Å². The van der Waals surface area contributed by atoms with Crippen molar-refractivity contribution in [1.29, 1.82) is 0 Å². The predicted octanol–water partition coefficient (Wildman–Crippen LogP) is 2.75. The van der Waals surface area contributed by atoms with Gasteiger partial charge in [0.1, 0.15) is 5.82 Å². The molecule has 5 heteroatoms. The van der Waals surface area contributed by atoms with Crippen molar-refractivity contribution >= 4 is 5.91 Å². The van der Waals surface area contributed by atoms with Gasteiger partial charge in [0.25, 0.3) is 5.91 Å². The Hall–Kier alpha value is -2.27. The van der Waals surface area contributed by atoms with E-state index < -0.39 is 5.82 Å². The molecule has 24 heavy (non-hydrogen) atoms. The number of nitrogens with one attached hydrogen (secondary N) is 1. The Bertz CT molecular complexity index is 719. The molecule has 2 heterocycles. The van der Waals surface area contributed by atoms with Crippen molar-refractivity contribution in [2.24, 2.45) is 0 Å². The van der Waals surface area contributed by atoms with Gasteiger partial charge in [-0.1, -0.05) is 24.3 Å². The van der Waals surface area contributed by atoms with Gasteiger partial charge in [0.05, 0.1) is 11.8 Å². The smallest absolute Gasteiger partial charge is 0.252 e. The summed E-state index contributed by atoms with van der Waals surface area (Å²) in [5, 5.41) is 2.83. The van der Waals surface area contributed by atoms with Crippen molar-refractivity contribution < 1.29 is 9.18 Å². The van der Waals surface area contributed by atoms with Gasteiger partial charge in [-0.2, -0.15) is 0 Å². The second-order valence-electron chi connectivity index (χ2n) is 6.29. The van der Waals surface area contributed by atoms with Crippen molar-refractivity contribution in [1.82, 2.24) is 15.2 Å². The first-order valence-electron chi connectivity index (χ1n) is 8.30. The van der Waals surface area contributed by atoms with E-state index >= 15 is 0 Å². The van der Waals surface area contributed by atoms with Gasteiger partial charge >= 0.3 is 0 Å². The summed E-state index contributed by atoms with van der Waals surface area (Å²) >= 11 is 0. The summed E-state index contributed by atoms with van der Waals surface area (Å²) in [6.07, 6.45) is 3.61. The minimum atomic E-state index is -0.497. The SMILES string of the molecule is Cc1ccccc1[C@@H]1CCN(CCNC(=O)c2cncc(F)c2)C1. The summed E-state index contributed by atoms with van der Waals surface area (Å²) in [6.45, 7) is 5.57. The molecule has 1 aromatic heterocycles. The van der Waals surface area contributed by atoms with Crippen LogP contribution in [0.4, 0.5) is 4.39 Å². The average Bonchev–Trinajstić information content (AvgIpc) is 3.04. The molecule has 0 radical (unpaired) electrons. The number of aromatic nitrogens is 1. The van der Waals surface area contributed by atoms with E-state index in [9.17, 15) is 9.18 Å². The summed E-state index contributed by atoms with van der Waals surface area (Å²) in [7, 11) is 0. The maximum Gasteiger partial charge on any atom is 0.252 e. The van der Waals surface area contributed by atoms with Crippen LogP contribution in [0, 0.1) is 12.7 Å². The second kappa shape index (κ2) is 7.53. The number of hydrogen-bond donors (Lipinski definition) is 1. The molecule has 1 aromatic carbocycles. The fraction of sp³-hybridized carbons (Fsp3) is 0.368. The Labute approximate surface area is 141 Å². The van der Waals surface area contributed by atoms with Crippen LogP contribution in [0.5, 0.6) is 0 Å². The van der Waals surface area contributed by atoms with E-state index in [0.717, 1.165) is 32.3 Å². The van der Waals surface area contributed by atoms with E-state index in [1.807, 2.05) is 0 Å². The summed E-state index contributed by atoms with van der Waals surface area (Å²) in [4.78, 5) is 18.0. The third kappa shape index (κ3) is 3.97. The zero-order valence-electron chi connectivity index (χ0n) is 13.8. The summed E-state index contributed by atoms with van der Waals surface area (Å²) in [6, 6.07) is 9.74. The van der Waals surface area contributed by atoms with Crippen LogP contribution in [0.1, 0.15) is 33.8 Å². The number of hydrogen-bond acceptors (Lipinski definition) is 3. The number of halogens is 1. The van der Waals surface area contributed by atoms with Crippen LogP contribution in [0.3, 0.4) is 0 Å². The molecule has 1 atom stereocenters. The summed E-state index contributed by atoms with van der Waals surface area (Å²) in [5.41, 5.74) is 3.03. The minimum Gasteiger partial charge on any atom is -0.351 e. The zero-order valence-corrected chi connectivity index (χ0v) is 13.8. The van der Waals surface area contributed by atoms with Gasteiger partial charge in [0.15, 0.2) is 0 Å². The van der Waals surface area contributed by atoms with E-state index in [1.54, 1.807) is 0 Å². The van der Waals surface area contributed by atoms with Crippen LogP contribution < -0.4 is 5.32 Å². The molecule has 0 spiro atoms. The van der Waals surface area contributed by atoms with Gasteiger partial charge in [0.2, 0.25) is 0 Å². The molecule has 2 aromatic rings. The molecule has 126 valence electrons. The highest BCUT2D eigenvalue weighted by Gasteiger charge is 2.24. The van der Waals surface area contributed by atoms with E-state index in [-0.39, 0.29) is 11.5 Å². The monoisotopic (exact) mass is 327 g/mol. The molecule has 3 rings (SSSR count). The molecule has 1 fully saturated rings. The van der Waals surface area contributed by atoms with Crippen LogP contribution >= 0.6 is 0 Å². The van der Waals surface area contributed by atoms with Crippen LogP contribution in [0.25, 0.3) is 0 Å². The molecule has 0 unspecified atom stereocenters. The maximum atomic E-state index is 13.1. The number of nitrogens with zero attached hydrogens (tertiary/aromatic N) is 2. The number of pyridine rings is 1. The van der Waals surface area contributed by atoms with E-state index in [4.69, 9.17) is 0 Å². The van der Waals surface area contributed by atoms with Crippen molar-refractivity contribution in [3.8, 4) is 0 Å². The predicted molar refractivity (Wildman–Crippen MR) is 91.5 cm³/mol. The van der Waals surface area contributed by atoms with Gasteiger partial charge in [-0.05, 0) is 43.0 Å². The number of carbonyl (C=O) groups excluding carboxylic acids is 1. The molecular weight excluding hydrogens is 305 g/mol. The number of amides is 1. The second-order valence-corrected chi connectivity index (χ2v) is 6.29. The Balaban J connectivity index is 1.47. The Morgan fingerprint density at radius 2 is 2.21 bits per heavy atom. The normalized spacial score (nSPS) is 17.8. The highest BCUT2D eigenvalue weighted by molar-refractivity contribution is 5.93. The van der Waals surface area contributed by atoms with Gasteiger partial charge in [-0.25, -0.2) is 4.39 Å². The molecule has 1 N–H and O–H groups in total. The quantitative estimate of drug-likeness (QED) is 0.918. The first-order valence-corrected chi connectivity index (χ1v) is 8.30. The van der Waals surface area contributed by atoms with Crippen molar-refractivity contribution in [3.63, 3.8) is 0 Å². The number of carbonyl (C=O) groups is 1.